The SMILES string of the molecule is COc1nn(C)cc1C(=O)NC1CCCC(OC(=O)Nc2ccc(F)cc2)C1. The van der Waals surface area contributed by atoms with Gasteiger partial charge in [-0.1, -0.05) is 0 Å². The van der Waals surface area contributed by atoms with Crippen LogP contribution >= 0.6 is 0 Å². The number of methoxy groups -OCH3 is 1. The molecule has 1 aliphatic rings. The predicted molar refractivity (Wildman–Crippen MR) is 99.8 cm³/mol. The lowest BCUT2D eigenvalue weighted by molar-refractivity contribution is 0.0712. The summed E-state index contributed by atoms with van der Waals surface area (Å²) in [5.41, 5.74) is 0.817. The van der Waals surface area contributed by atoms with Crippen LogP contribution in [-0.2, 0) is 11.8 Å². The fraction of sp³-hybridized carbons (Fsp3) is 0.421. The van der Waals surface area contributed by atoms with E-state index >= 15 is 0 Å². The Balaban J connectivity index is 1.52. The van der Waals surface area contributed by atoms with E-state index in [-0.39, 0.29) is 29.8 Å². The van der Waals surface area contributed by atoms with Crippen LogP contribution in [0.5, 0.6) is 5.88 Å². The standard InChI is InChI=1S/C19H23FN4O4/c1-24-11-16(18(23-24)27-2)17(25)21-14-4-3-5-15(10-14)28-19(26)22-13-8-6-12(20)7-9-13/h6-9,11,14-15H,3-5,10H2,1-2H3,(H,21,25)(H,22,26). The molecule has 28 heavy (non-hydrogen) atoms. The van der Waals surface area contributed by atoms with Crippen molar-refractivity contribution in [3.8, 4) is 5.88 Å². The highest BCUT2D eigenvalue weighted by Gasteiger charge is 2.27. The van der Waals surface area contributed by atoms with Crippen molar-refractivity contribution in [2.45, 2.75) is 37.8 Å². The first-order chi connectivity index (χ1) is 13.4. The number of hydrogen-bond donors (Lipinski definition) is 2. The highest BCUT2D eigenvalue weighted by Crippen LogP contribution is 2.23. The number of anilines is 1. The maximum Gasteiger partial charge on any atom is 0.411 e. The van der Waals surface area contributed by atoms with Crippen LogP contribution in [0.15, 0.2) is 30.5 Å². The topological polar surface area (TPSA) is 94.5 Å². The first-order valence-electron chi connectivity index (χ1n) is 9.06. The molecule has 0 bridgehead atoms. The zero-order chi connectivity index (χ0) is 20.1. The van der Waals surface area contributed by atoms with E-state index < -0.39 is 6.09 Å². The van der Waals surface area contributed by atoms with Gasteiger partial charge in [0.15, 0.2) is 0 Å². The van der Waals surface area contributed by atoms with Gasteiger partial charge in [0.1, 0.15) is 17.5 Å². The van der Waals surface area contributed by atoms with Gasteiger partial charge in [-0.05, 0) is 43.5 Å². The molecule has 1 aromatic carbocycles. The number of nitrogens with zero attached hydrogens (tertiary/aromatic N) is 2. The third-order valence-corrected chi connectivity index (χ3v) is 4.56. The molecule has 0 aliphatic heterocycles. The zero-order valence-corrected chi connectivity index (χ0v) is 15.8. The Hall–Kier alpha value is -3.10. The largest absolute Gasteiger partial charge is 0.479 e. The Morgan fingerprint density at radius 1 is 1.25 bits per heavy atom. The summed E-state index contributed by atoms with van der Waals surface area (Å²) in [6.45, 7) is 0. The lowest BCUT2D eigenvalue weighted by atomic mass is 9.92. The molecular weight excluding hydrogens is 367 g/mol. The molecule has 150 valence electrons. The second kappa shape index (κ2) is 8.73. The van der Waals surface area contributed by atoms with Gasteiger partial charge in [0.25, 0.3) is 5.91 Å². The van der Waals surface area contributed by atoms with Crippen molar-refractivity contribution in [3.05, 3.63) is 41.8 Å². The number of nitrogens with one attached hydrogen (secondary N) is 2. The van der Waals surface area contributed by atoms with Gasteiger partial charge in [0, 0.05) is 31.4 Å². The molecule has 2 N–H and O–H groups in total. The maximum atomic E-state index is 12.9. The second-order valence-electron chi connectivity index (χ2n) is 6.72. The van der Waals surface area contributed by atoms with Gasteiger partial charge in [0.2, 0.25) is 5.88 Å². The number of hydrogen-bond acceptors (Lipinski definition) is 5. The van der Waals surface area contributed by atoms with Crippen molar-refractivity contribution >= 4 is 17.7 Å². The fourth-order valence-corrected chi connectivity index (χ4v) is 3.25. The fourth-order valence-electron chi connectivity index (χ4n) is 3.25. The average molecular weight is 390 g/mol. The third-order valence-electron chi connectivity index (χ3n) is 4.56. The Morgan fingerprint density at radius 2 is 2.00 bits per heavy atom. The van der Waals surface area contributed by atoms with Gasteiger partial charge in [-0.15, -0.1) is 5.10 Å². The molecule has 8 nitrogen and oxygen atoms in total. The summed E-state index contributed by atoms with van der Waals surface area (Å²) in [6.07, 6.45) is 3.55. The van der Waals surface area contributed by atoms with E-state index in [2.05, 4.69) is 15.7 Å². The zero-order valence-electron chi connectivity index (χ0n) is 15.8. The molecule has 2 atom stereocenters. The smallest absolute Gasteiger partial charge is 0.411 e. The molecule has 2 aromatic rings. The second-order valence-corrected chi connectivity index (χ2v) is 6.72. The Labute approximate surface area is 162 Å². The number of benzene rings is 1. The van der Waals surface area contributed by atoms with Crippen LogP contribution in [-0.4, -0.2) is 41.0 Å². The molecule has 0 radical (unpaired) electrons. The van der Waals surface area contributed by atoms with E-state index in [1.807, 2.05) is 0 Å². The van der Waals surface area contributed by atoms with E-state index in [1.54, 1.807) is 13.2 Å². The number of rotatable bonds is 5. The van der Waals surface area contributed by atoms with Crippen molar-refractivity contribution in [2.75, 3.05) is 12.4 Å². The number of aryl methyl sites for hydroxylation is 1. The number of halogens is 1. The van der Waals surface area contributed by atoms with Gasteiger partial charge >= 0.3 is 6.09 Å². The van der Waals surface area contributed by atoms with E-state index in [9.17, 15) is 14.0 Å². The molecule has 0 spiro atoms. The summed E-state index contributed by atoms with van der Waals surface area (Å²) in [4.78, 5) is 24.6. The molecule has 2 amide bonds. The minimum absolute atomic E-state index is 0.116. The van der Waals surface area contributed by atoms with Crippen LogP contribution < -0.4 is 15.4 Å². The van der Waals surface area contributed by atoms with Crippen molar-refractivity contribution < 1.29 is 23.5 Å². The summed E-state index contributed by atoms with van der Waals surface area (Å²) < 4.78 is 25.0. The number of carbonyl (C=O) groups is 2. The molecule has 2 unspecified atom stereocenters. The van der Waals surface area contributed by atoms with Gasteiger partial charge < -0.3 is 14.8 Å². The molecule has 1 fully saturated rings. The van der Waals surface area contributed by atoms with Gasteiger partial charge in [-0.3, -0.25) is 14.8 Å². The quantitative estimate of drug-likeness (QED) is 0.819. The summed E-state index contributed by atoms with van der Waals surface area (Å²) >= 11 is 0. The highest BCUT2D eigenvalue weighted by atomic mass is 19.1. The van der Waals surface area contributed by atoms with E-state index in [4.69, 9.17) is 9.47 Å². The van der Waals surface area contributed by atoms with Gasteiger partial charge in [0.05, 0.1) is 7.11 Å². The van der Waals surface area contributed by atoms with E-state index in [0.717, 1.165) is 19.3 Å². The average Bonchev–Trinajstić information content (AvgIpc) is 3.05. The first kappa shape index (κ1) is 19.7. The van der Waals surface area contributed by atoms with Crippen molar-refractivity contribution in [2.24, 2.45) is 7.05 Å². The monoisotopic (exact) mass is 390 g/mol. The normalized spacial score (nSPS) is 19.0. The molecular formula is C19H23FN4O4. The molecule has 9 heteroatoms. The van der Waals surface area contributed by atoms with Gasteiger partial charge in [-0.25, -0.2) is 9.18 Å². The van der Waals surface area contributed by atoms with Crippen molar-refractivity contribution in [1.82, 2.24) is 15.1 Å². The molecule has 1 heterocycles. The number of aromatic nitrogens is 2. The summed E-state index contributed by atoms with van der Waals surface area (Å²) in [6, 6.07) is 5.32. The van der Waals surface area contributed by atoms with Crippen LogP contribution in [0.4, 0.5) is 14.9 Å². The molecule has 1 saturated carbocycles. The van der Waals surface area contributed by atoms with Crippen LogP contribution in [0.3, 0.4) is 0 Å². The summed E-state index contributed by atoms with van der Waals surface area (Å²) in [7, 11) is 3.17. The third kappa shape index (κ3) is 4.99. The van der Waals surface area contributed by atoms with Gasteiger partial charge in [-0.2, -0.15) is 0 Å². The number of carbonyl (C=O) groups excluding carboxylic acids is 2. The maximum absolute atomic E-state index is 12.9. The molecule has 1 aliphatic carbocycles. The van der Waals surface area contributed by atoms with Crippen LogP contribution in [0.2, 0.25) is 0 Å². The molecule has 3 rings (SSSR count). The van der Waals surface area contributed by atoms with E-state index in [1.165, 1.54) is 36.1 Å². The lowest BCUT2D eigenvalue weighted by Gasteiger charge is -2.29. The van der Waals surface area contributed by atoms with Crippen molar-refractivity contribution in [1.29, 1.82) is 0 Å². The Bertz CT molecular complexity index is 837. The highest BCUT2D eigenvalue weighted by molar-refractivity contribution is 5.96. The molecule has 0 saturated heterocycles. The number of amides is 2. The minimum atomic E-state index is -0.600. The predicted octanol–water partition coefficient (Wildman–Crippen LogP) is 2.86. The lowest BCUT2D eigenvalue weighted by Crippen LogP contribution is -2.41. The Morgan fingerprint density at radius 3 is 2.71 bits per heavy atom. The first-order valence-corrected chi connectivity index (χ1v) is 9.06. The summed E-state index contributed by atoms with van der Waals surface area (Å²) in [5, 5.41) is 9.61. The van der Waals surface area contributed by atoms with Crippen LogP contribution in [0, 0.1) is 5.82 Å². The van der Waals surface area contributed by atoms with E-state index in [0.29, 0.717) is 17.7 Å². The van der Waals surface area contributed by atoms with Crippen LogP contribution in [0.25, 0.3) is 0 Å². The Kier molecular flexibility index (Phi) is 6.13. The summed E-state index contributed by atoms with van der Waals surface area (Å²) in [5.74, 6) is -0.385. The minimum Gasteiger partial charge on any atom is -0.479 e. The van der Waals surface area contributed by atoms with Crippen molar-refractivity contribution in [3.63, 3.8) is 0 Å². The van der Waals surface area contributed by atoms with Crippen LogP contribution in [0.1, 0.15) is 36.0 Å². The molecule has 1 aromatic heterocycles. The number of ether oxygens (including phenoxy) is 2.